The van der Waals surface area contributed by atoms with Gasteiger partial charge >= 0.3 is 11.7 Å². The number of carbonyl (C=O) groups excluding carboxylic acids is 2. The van der Waals surface area contributed by atoms with Crippen LogP contribution in [-0.4, -0.2) is 54.4 Å². The second-order valence-corrected chi connectivity index (χ2v) is 3.88. The first-order valence-corrected chi connectivity index (χ1v) is 5.13. The summed E-state index contributed by atoms with van der Waals surface area (Å²) in [5.41, 5.74) is 8.13. The standard InChI is InChI=1S/C10H15N3O3/c1-13-5-3-7(4-6-13)9(14)8(12-11)10(15)16-2/h7H,3-6H2,1-2H3. The highest BCUT2D eigenvalue weighted by Gasteiger charge is 2.37. The van der Waals surface area contributed by atoms with Gasteiger partial charge in [0, 0.05) is 5.92 Å². The molecule has 6 nitrogen and oxygen atoms in total. The maximum absolute atomic E-state index is 11.8. The van der Waals surface area contributed by atoms with Gasteiger partial charge in [0.2, 0.25) is 0 Å². The van der Waals surface area contributed by atoms with Crippen molar-refractivity contribution in [2.24, 2.45) is 5.92 Å². The summed E-state index contributed by atoms with van der Waals surface area (Å²) < 4.78 is 4.38. The minimum atomic E-state index is -0.883. The summed E-state index contributed by atoms with van der Waals surface area (Å²) >= 11 is 0. The van der Waals surface area contributed by atoms with Crippen LogP contribution in [0.3, 0.4) is 0 Å². The summed E-state index contributed by atoms with van der Waals surface area (Å²) in [6.45, 7) is 1.60. The van der Waals surface area contributed by atoms with E-state index >= 15 is 0 Å². The molecule has 0 aromatic heterocycles. The second kappa shape index (κ2) is 5.53. The molecule has 16 heavy (non-hydrogen) atoms. The van der Waals surface area contributed by atoms with Crippen LogP contribution < -0.4 is 0 Å². The number of rotatable bonds is 3. The van der Waals surface area contributed by atoms with E-state index < -0.39 is 17.5 Å². The zero-order chi connectivity index (χ0) is 12.1. The molecule has 0 saturated carbocycles. The number of ether oxygens (including phenoxy) is 1. The van der Waals surface area contributed by atoms with Crippen molar-refractivity contribution in [2.45, 2.75) is 12.8 Å². The molecule has 1 aliphatic heterocycles. The van der Waals surface area contributed by atoms with Gasteiger partial charge in [0.25, 0.3) is 5.78 Å². The van der Waals surface area contributed by atoms with Crippen LogP contribution in [0.5, 0.6) is 0 Å². The van der Waals surface area contributed by atoms with Crippen molar-refractivity contribution >= 4 is 17.5 Å². The van der Waals surface area contributed by atoms with Crippen LogP contribution in [0.15, 0.2) is 0 Å². The Labute approximate surface area is 93.8 Å². The van der Waals surface area contributed by atoms with Gasteiger partial charge in [-0.1, -0.05) is 0 Å². The first kappa shape index (κ1) is 12.5. The Bertz CT molecular complexity index is 339. The van der Waals surface area contributed by atoms with E-state index in [1.807, 2.05) is 7.05 Å². The van der Waals surface area contributed by atoms with E-state index in [0.717, 1.165) is 20.2 Å². The zero-order valence-electron chi connectivity index (χ0n) is 9.47. The number of likely N-dealkylation sites (tertiary alicyclic amines) is 1. The lowest BCUT2D eigenvalue weighted by Crippen LogP contribution is -2.39. The smallest absolute Gasteiger partial charge is 0.441 e. The van der Waals surface area contributed by atoms with Crippen LogP contribution in [0.2, 0.25) is 0 Å². The molecule has 0 radical (unpaired) electrons. The summed E-state index contributed by atoms with van der Waals surface area (Å²) in [7, 11) is 3.12. The van der Waals surface area contributed by atoms with Crippen LogP contribution in [-0.2, 0) is 14.3 Å². The lowest BCUT2D eigenvalue weighted by atomic mass is 9.90. The summed E-state index contributed by atoms with van der Waals surface area (Å²) in [5, 5.41) is 0. The molecule has 1 fully saturated rings. The van der Waals surface area contributed by atoms with Crippen LogP contribution in [0.1, 0.15) is 12.8 Å². The summed E-state index contributed by atoms with van der Waals surface area (Å²) in [6, 6.07) is 0. The van der Waals surface area contributed by atoms with Gasteiger partial charge in [-0.15, -0.1) is 0 Å². The molecule has 1 saturated heterocycles. The van der Waals surface area contributed by atoms with Gasteiger partial charge in [-0.3, -0.25) is 4.79 Å². The van der Waals surface area contributed by atoms with Gasteiger partial charge in [-0.2, -0.15) is 4.79 Å². The van der Waals surface area contributed by atoms with Crippen molar-refractivity contribution < 1.29 is 19.1 Å². The van der Waals surface area contributed by atoms with E-state index in [9.17, 15) is 9.59 Å². The number of piperidine rings is 1. The number of hydrogen-bond donors (Lipinski definition) is 0. The van der Waals surface area contributed by atoms with Gasteiger partial charge in [0.15, 0.2) is 0 Å². The maximum Gasteiger partial charge on any atom is 0.441 e. The summed E-state index contributed by atoms with van der Waals surface area (Å²) in [4.78, 5) is 27.8. The number of nitrogens with zero attached hydrogens (tertiary/aromatic N) is 3. The van der Waals surface area contributed by atoms with Crippen LogP contribution >= 0.6 is 0 Å². The fraction of sp³-hybridized carbons (Fsp3) is 0.700. The molecule has 1 heterocycles. The number of methoxy groups -OCH3 is 1. The van der Waals surface area contributed by atoms with E-state index in [1.165, 1.54) is 0 Å². The molecule has 1 aliphatic rings. The van der Waals surface area contributed by atoms with Crippen molar-refractivity contribution in [1.82, 2.24) is 4.90 Å². The average molecular weight is 225 g/mol. The minimum absolute atomic E-state index is 0.249. The molecule has 0 aromatic rings. The molecule has 0 unspecified atom stereocenters. The molecule has 0 amide bonds. The van der Waals surface area contributed by atoms with Crippen molar-refractivity contribution in [3.8, 4) is 0 Å². The largest absolute Gasteiger partial charge is 0.460 e. The molecular formula is C10H15N3O3. The second-order valence-electron chi connectivity index (χ2n) is 3.88. The van der Waals surface area contributed by atoms with Crippen molar-refractivity contribution in [3.63, 3.8) is 0 Å². The Hall–Kier alpha value is -1.52. The predicted octanol–water partition coefficient (Wildman–Crippen LogP) is -0.259. The van der Waals surface area contributed by atoms with Crippen LogP contribution in [0, 0.1) is 5.92 Å². The average Bonchev–Trinajstić information content (AvgIpc) is 2.30. The SMILES string of the molecule is COC(=O)C(=[N+]=[N-])C(=O)C1CCN(C)CC1. The van der Waals surface area contributed by atoms with Gasteiger partial charge in [0.1, 0.15) is 0 Å². The molecule has 88 valence electrons. The van der Waals surface area contributed by atoms with Crippen LogP contribution in [0.25, 0.3) is 5.53 Å². The molecular weight excluding hydrogens is 210 g/mol. The molecule has 1 rings (SSSR count). The van der Waals surface area contributed by atoms with Gasteiger partial charge in [0.05, 0.1) is 7.11 Å². The first-order valence-electron chi connectivity index (χ1n) is 5.13. The number of hydrogen-bond acceptors (Lipinski definition) is 4. The predicted molar refractivity (Wildman–Crippen MR) is 55.9 cm³/mol. The van der Waals surface area contributed by atoms with E-state index in [4.69, 9.17) is 5.53 Å². The molecule has 0 aliphatic carbocycles. The molecule has 0 bridgehead atoms. The maximum atomic E-state index is 11.8. The summed E-state index contributed by atoms with van der Waals surface area (Å²) in [5.74, 6) is -1.56. The number of Topliss-reactive ketones (excluding diaryl/α,β-unsaturated/α-hetero) is 1. The summed E-state index contributed by atoms with van der Waals surface area (Å²) in [6.07, 6.45) is 1.34. The Morgan fingerprint density at radius 1 is 1.38 bits per heavy atom. The molecule has 0 N–H and O–H groups in total. The monoisotopic (exact) mass is 225 g/mol. The Morgan fingerprint density at radius 3 is 2.38 bits per heavy atom. The third-order valence-electron chi connectivity index (χ3n) is 2.80. The van der Waals surface area contributed by atoms with Crippen molar-refractivity contribution in [3.05, 3.63) is 5.53 Å². The number of carbonyl (C=O) groups is 2. The lowest BCUT2D eigenvalue weighted by molar-refractivity contribution is -0.140. The Kier molecular flexibility index (Phi) is 4.34. The fourth-order valence-electron chi connectivity index (χ4n) is 1.75. The highest BCUT2D eigenvalue weighted by Crippen LogP contribution is 2.17. The van der Waals surface area contributed by atoms with Gasteiger partial charge < -0.3 is 15.2 Å². The highest BCUT2D eigenvalue weighted by atomic mass is 16.5. The van der Waals surface area contributed by atoms with E-state index in [-0.39, 0.29) is 5.92 Å². The van der Waals surface area contributed by atoms with E-state index in [2.05, 4.69) is 14.4 Å². The minimum Gasteiger partial charge on any atom is -0.460 e. The van der Waals surface area contributed by atoms with Crippen molar-refractivity contribution in [2.75, 3.05) is 27.2 Å². The zero-order valence-corrected chi connectivity index (χ0v) is 9.47. The molecule has 0 atom stereocenters. The first-order chi connectivity index (χ1) is 7.60. The molecule has 6 heteroatoms. The fourth-order valence-corrected chi connectivity index (χ4v) is 1.75. The highest BCUT2D eigenvalue weighted by molar-refractivity contribution is 6.62. The molecule has 0 aromatic carbocycles. The van der Waals surface area contributed by atoms with E-state index in [1.54, 1.807) is 0 Å². The Balaban J connectivity index is 2.70. The topological polar surface area (TPSA) is 83.0 Å². The van der Waals surface area contributed by atoms with Crippen molar-refractivity contribution in [1.29, 1.82) is 0 Å². The quantitative estimate of drug-likeness (QED) is 0.218. The lowest BCUT2D eigenvalue weighted by Gasteiger charge is -2.26. The van der Waals surface area contributed by atoms with Gasteiger partial charge in [-0.25, -0.2) is 4.79 Å². The van der Waals surface area contributed by atoms with E-state index in [0.29, 0.717) is 12.8 Å². The third kappa shape index (κ3) is 2.74. The Morgan fingerprint density at radius 2 is 1.94 bits per heavy atom. The molecule has 0 spiro atoms. The van der Waals surface area contributed by atoms with Crippen LogP contribution in [0.4, 0.5) is 0 Å². The van der Waals surface area contributed by atoms with Gasteiger partial charge in [-0.05, 0) is 33.0 Å². The third-order valence-corrected chi connectivity index (χ3v) is 2.80. The number of esters is 1. The normalized spacial score (nSPS) is 17.6. The number of ketones is 1.